The molecule has 1 aromatic heterocycles. The number of benzene rings is 1. The lowest BCUT2D eigenvalue weighted by Gasteiger charge is -2.10. The van der Waals surface area contributed by atoms with E-state index < -0.39 is 0 Å². The standard InChI is InChI=1S/C14H16BrNO2/c1-3-16-9-11-8-10(4-5-13(11)17-2)14-12(15)6-7-18-14/h4-8,16H,3,9H2,1-2H3. The SMILES string of the molecule is CCNCc1cc(-c2occc2Br)ccc1OC. The molecular weight excluding hydrogens is 294 g/mol. The van der Waals surface area contributed by atoms with Gasteiger partial charge in [0.15, 0.2) is 0 Å². The van der Waals surface area contributed by atoms with Crippen molar-refractivity contribution in [1.29, 1.82) is 0 Å². The van der Waals surface area contributed by atoms with Crippen LogP contribution in [0.3, 0.4) is 0 Å². The molecule has 0 saturated heterocycles. The van der Waals surface area contributed by atoms with E-state index in [0.717, 1.165) is 40.2 Å². The summed E-state index contributed by atoms with van der Waals surface area (Å²) in [7, 11) is 1.69. The first kappa shape index (κ1) is 13.2. The van der Waals surface area contributed by atoms with Gasteiger partial charge in [0.25, 0.3) is 0 Å². The molecule has 0 spiro atoms. The van der Waals surface area contributed by atoms with Gasteiger partial charge in [0, 0.05) is 17.7 Å². The molecule has 3 nitrogen and oxygen atoms in total. The Hall–Kier alpha value is -1.26. The van der Waals surface area contributed by atoms with Gasteiger partial charge in [0.05, 0.1) is 17.8 Å². The van der Waals surface area contributed by atoms with Gasteiger partial charge < -0.3 is 14.5 Å². The molecule has 0 unspecified atom stereocenters. The van der Waals surface area contributed by atoms with Crippen molar-refractivity contribution in [2.45, 2.75) is 13.5 Å². The fourth-order valence-electron chi connectivity index (χ4n) is 1.82. The molecule has 1 aromatic carbocycles. The lowest BCUT2D eigenvalue weighted by molar-refractivity contribution is 0.408. The minimum atomic E-state index is 0.784. The summed E-state index contributed by atoms with van der Waals surface area (Å²) in [6.07, 6.45) is 1.67. The van der Waals surface area contributed by atoms with Crippen molar-refractivity contribution in [3.63, 3.8) is 0 Å². The number of halogens is 1. The van der Waals surface area contributed by atoms with E-state index in [1.165, 1.54) is 0 Å². The Bertz CT molecular complexity index is 522. The highest BCUT2D eigenvalue weighted by Gasteiger charge is 2.10. The summed E-state index contributed by atoms with van der Waals surface area (Å²) >= 11 is 3.48. The van der Waals surface area contributed by atoms with Gasteiger partial charge in [-0.05, 0) is 46.7 Å². The average molecular weight is 310 g/mol. The highest BCUT2D eigenvalue weighted by molar-refractivity contribution is 9.10. The number of ether oxygens (including phenoxy) is 1. The van der Waals surface area contributed by atoms with Gasteiger partial charge in [-0.15, -0.1) is 0 Å². The van der Waals surface area contributed by atoms with Crippen molar-refractivity contribution in [3.05, 3.63) is 40.6 Å². The van der Waals surface area contributed by atoms with Crippen LogP contribution in [0.5, 0.6) is 5.75 Å². The summed E-state index contributed by atoms with van der Waals surface area (Å²) in [5.74, 6) is 1.73. The van der Waals surface area contributed by atoms with Crippen LogP contribution < -0.4 is 10.1 Å². The minimum absolute atomic E-state index is 0.784. The molecule has 0 bridgehead atoms. The van der Waals surface area contributed by atoms with Gasteiger partial charge in [-0.25, -0.2) is 0 Å². The van der Waals surface area contributed by atoms with Gasteiger partial charge >= 0.3 is 0 Å². The second kappa shape index (κ2) is 6.07. The number of hydrogen-bond donors (Lipinski definition) is 1. The van der Waals surface area contributed by atoms with Crippen LogP contribution in [0.4, 0.5) is 0 Å². The zero-order chi connectivity index (χ0) is 13.0. The number of rotatable bonds is 5. The van der Waals surface area contributed by atoms with Gasteiger partial charge in [0.1, 0.15) is 11.5 Å². The van der Waals surface area contributed by atoms with Crippen LogP contribution in [0.25, 0.3) is 11.3 Å². The first-order valence-corrected chi connectivity index (χ1v) is 6.66. The van der Waals surface area contributed by atoms with E-state index in [9.17, 15) is 0 Å². The largest absolute Gasteiger partial charge is 0.496 e. The monoisotopic (exact) mass is 309 g/mol. The predicted molar refractivity (Wildman–Crippen MR) is 75.8 cm³/mol. The highest BCUT2D eigenvalue weighted by atomic mass is 79.9. The first-order chi connectivity index (χ1) is 8.76. The fourth-order valence-corrected chi connectivity index (χ4v) is 2.25. The van der Waals surface area contributed by atoms with E-state index in [2.05, 4.69) is 34.2 Å². The van der Waals surface area contributed by atoms with Crippen LogP contribution >= 0.6 is 15.9 Å². The summed E-state index contributed by atoms with van der Waals surface area (Å²) in [4.78, 5) is 0. The van der Waals surface area contributed by atoms with E-state index in [0.29, 0.717) is 0 Å². The van der Waals surface area contributed by atoms with Crippen LogP contribution in [0.2, 0.25) is 0 Å². The van der Waals surface area contributed by atoms with Crippen molar-refractivity contribution in [1.82, 2.24) is 5.32 Å². The summed E-state index contributed by atoms with van der Waals surface area (Å²) < 4.78 is 11.8. The third-order valence-corrected chi connectivity index (χ3v) is 3.35. The molecule has 0 aliphatic heterocycles. The van der Waals surface area contributed by atoms with Crippen molar-refractivity contribution in [3.8, 4) is 17.1 Å². The molecule has 0 saturated carbocycles. The highest BCUT2D eigenvalue weighted by Crippen LogP contribution is 2.32. The van der Waals surface area contributed by atoms with E-state index in [1.807, 2.05) is 18.2 Å². The Kier molecular flexibility index (Phi) is 4.44. The van der Waals surface area contributed by atoms with Crippen LogP contribution in [0.1, 0.15) is 12.5 Å². The van der Waals surface area contributed by atoms with Gasteiger partial charge in [-0.1, -0.05) is 6.92 Å². The maximum absolute atomic E-state index is 5.48. The predicted octanol–water partition coefficient (Wildman–Crippen LogP) is 3.83. The normalized spacial score (nSPS) is 10.6. The van der Waals surface area contributed by atoms with E-state index in [1.54, 1.807) is 13.4 Å². The quantitative estimate of drug-likeness (QED) is 0.911. The number of furan rings is 1. The summed E-state index contributed by atoms with van der Waals surface area (Å²) in [5.41, 5.74) is 2.17. The molecule has 0 amide bonds. The van der Waals surface area contributed by atoms with Crippen LogP contribution in [0.15, 0.2) is 39.4 Å². The maximum Gasteiger partial charge on any atom is 0.148 e. The van der Waals surface area contributed by atoms with Crippen LogP contribution in [-0.4, -0.2) is 13.7 Å². The molecule has 2 rings (SSSR count). The average Bonchev–Trinajstić information content (AvgIpc) is 2.82. The molecule has 0 aliphatic rings. The lowest BCUT2D eigenvalue weighted by atomic mass is 10.1. The number of nitrogens with one attached hydrogen (secondary N) is 1. The Balaban J connectivity index is 2.36. The van der Waals surface area contributed by atoms with E-state index >= 15 is 0 Å². The summed E-state index contributed by atoms with van der Waals surface area (Å²) in [5, 5.41) is 3.30. The Labute approximate surface area is 115 Å². The molecule has 4 heteroatoms. The van der Waals surface area contributed by atoms with Crippen molar-refractivity contribution >= 4 is 15.9 Å². The third-order valence-electron chi connectivity index (χ3n) is 2.73. The molecule has 0 radical (unpaired) electrons. The summed E-state index contributed by atoms with van der Waals surface area (Å²) in [6.45, 7) is 3.79. The fraction of sp³-hybridized carbons (Fsp3) is 0.286. The van der Waals surface area contributed by atoms with Gasteiger partial charge in [0.2, 0.25) is 0 Å². The van der Waals surface area contributed by atoms with Crippen molar-refractivity contribution in [2.24, 2.45) is 0 Å². The third kappa shape index (κ3) is 2.76. The second-order valence-corrected chi connectivity index (χ2v) is 4.76. The lowest BCUT2D eigenvalue weighted by Crippen LogP contribution is -2.12. The molecule has 1 heterocycles. The molecule has 0 aliphatic carbocycles. The molecule has 18 heavy (non-hydrogen) atoms. The minimum Gasteiger partial charge on any atom is -0.496 e. The Morgan fingerprint density at radius 3 is 2.78 bits per heavy atom. The number of methoxy groups -OCH3 is 1. The molecule has 96 valence electrons. The topological polar surface area (TPSA) is 34.4 Å². The Morgan fingerprint density at radius 2 is 2.17 bits per heavy atom. The molecule has 0 atom stereocenters. The van der Waals surface area contributed by atoms with E-state index in [-0.39, 0.29) is 0 Å². The second-order valence-electron chi connectivity index (χ2n) is 3.90. The van der Waals surface area contributed by atoms with Gasteiger partial charge in [-0.2, -0.15) is 0 Å². The van der Waals surface area contributed by atoms with Crippen LogP contribution in [0, 0.1) is 0 Å². The molecule has 0 fully saturated rings. The molecule has 1 N–H and O–H groups in total. The number of hydrogen-bond acceptors (Lipinski definition) is 3. The molecule has 2 aromatic rings. The van der Waals surface area contributed by atoms with Gasteiger partial charge in [-0.3, -0.25) is 0 Å². The Morgan fingerprint density at radius 1 is 1.33 bits per heavy atom. The van der Waals surface area contributed by atoms with Crippen molar-refractivity contribution < 1.29 is 9.15 Å². The van der Waals surface area contributed by atoms with E-state index in [4.69, 9.17) is 9.15 Å². The van der Waals surface area contributed by atoms with Crippen molar-refractivity contribution in [2.75, 3.05) is 13.7 Å². The zero-order valence-corrected chi connectivity index (χ0v) is 12.1. The smallest absolute Gasteiger partial charge is 0.148 e. The first-order valence-electron chi connectivity index (χ1n) is 5.87. The zero-order valence-electron chi connectivity index (χ0n) is 10.5. The maximum atomic E-state index is 5.48. The van der Waals surface area contributed by atoms with Crippen LogP contribution in [-0.2, 0) is 6.54 Å². The molecular formula is C14H16BrNO2. The summed E-state index contributed by atoms with van der Waals surface area (Å²) in [6, 6.07) is 7.95.